The molecule has 29 heavy (non-hydrogen) atoms. The average molecular weight is 414 g/mol. The number of carbonyl (C=O) groups excluding carboxylic acids is 2. The third-order valence-electron chi connectivity index (χ3n) is 5.31. The number of hydrogen-bond acceptors (Lipinski definition) is 3. The van der Waals surface area contributed by atoms with E-state index in [1.165, 1.54) is 0 Å². The van der Waals surface area contributed by atoms with Crippen molar-refractivity contribution in [3.63, 3.8) is 0 Å². The van der Waals surface area contributed by atoms with Crippen LogP contribution in [-0.2, 0) is 14.3 Å². The number of esters is 1. The standard InChI is InChI=1S/C25H49NO3/c1-10-19(5)14-20(6)15-22(26-23(27)11-2)16-21(13-12-18(3)4)17-24(28)29-25(7,8)9/h18-22H,10-17H2,1-9H3,(H,26,27)/i12T. The normalized spacial score (nSPS) is 17.8. The van der Waals surface area contributed by atoms with E-state index in [1.54, 1.807) is 0 Å². The van der Waals surface area contributed by atoms with Crippen molar-refractivity contribution in [2.45, 2.75) is 125 Å². The molecule has 0 aromatic carbocycles. The van der Waals surface area contributed by atoms with Crippen LogP contribution in [-0.4, -0.2) is 23.5 Å². The first-order valence-electron chi connectivity index (χ1n) is 12.3. The molecule has 0 radical (unpaired) electrons. The first-order chi connectivity index (χ1) is 13.8. The zero-order valence-electron chi connectivity index (χ0n) is 21.6. The number of amides is 1. The lowest BCUT2D eigenvalue weighted by Gasteiger charge is -2.28. The second kappa shape index (κ2) is 14.0. The van der Waals surface area contributed by atoms with Gasteiger partial charge in [-0.05, 0) is 70.1 Å². The molecule has 0 aliphatic carbocycles. The zero-order chi connectivity index (χ0) is 23.5. The van der Waals surface area contributed by atoms with Crippen molar-refractivity contribution in [1.29, 1.82) is 0 Å². The minimum atomic E-state index is -0.513. The van der Waals surface area contributed by atoms with Gasteiger partial charge in [0.05, 0.1) is 0 Å². The molecule has 1 N–H and O–H groups in total. The Hall–Kier alpha value is -1.06. The lowest BCUT2D eigenvalue weighted by molar-refractivity contribution is -0.156. The van der Waals surface area contributed by atoms with E-state index in [2.05, 4.69) is 26.1 Å². The molecule has 0 rings (SSSR count). The summed E-state index contributed by atoms with van der Waals surface area (Å²) in [5.74, 6) is 1.27. The SMILES string of the molecule is [3H]C(CC(CC(=O)OC(C)(C)C)CC(CC(C)CC(C)CC)NC(=O)CC)C(C)C. The van der Waals surface area contributed by atoms with Crippen molar-refractivity contribution in [2.75, 3.05) is 0 Å². The summed E-state index contributed by atoms with van der Waals surface area (Å²) in [6.07, 6.45) is 5.11. The van der Waals surface area contributed by atoms with Gasteiger partial charge in [0.2, 0.25) is 5.91 Å². The highest BCUT2D eigenvalue weighted by atomic mass is 16.6. The Bertz CT molecular complexity index is 501. The number of nitrogens with one attached hydrogen (secondary N) is 1. The maximum Gasteiger partial charge on any atom is 0.306 e. The van der Waals surface area contributed by atoms with Crippen LogP contribution in [0.3, 0.4) is 0 Å². The van der Waals surface area contributed by atoms with Crippen molar-refractivity contribution in [2.24, 2.45) is 23.7 Å². The van der Waals surface area contributed by atoms with E-state index >= 15 is 0 Å². The summed E-state index contributed by atoms with van der Waals surface area (Å²) in [7, 11) is 0. The first-order valence-corrected chi connectivity index (χ1v) is 11.7. The number of hydrogen-bond donors (Lipinski definition) is 1. The lowest BCUT2D eigenvalue weighted by Crippen LogP contribution is -2.38. The van der Waals surface area contributed by atoms with Crippen molar-refractivity contribution < 1.29 is 15.7 Å². The van der Waals surface area contributed by atoms with E-state index in [9.17, 15) is 9.59 Å². The predicted molar refractivity (Wildman–Crippen MR) is 123 cm³/mol. The van der Waals surface area contributed by atoms with Gasteiger partial charge in [0.1, 0.15) is 5.60 Å². The van der Waals surface area contributed by atoms with Gasteiger partial charge < -0.3 is 10.1 Å². The molecule has 5 unspecified atom stereocenters. The highest BCUT2D eigenvalue weighted by Gasteiger charge is 2.25. The molecular formula is C25H49NO3. The van der Waals surface area contributed by atoms with Gasteiger partial charge in [-0.25, -0.2) is 0 Å². The van der Waals surface area contributed by atoms with Crippen LogP contribution >= 0.6 is 0 Å². The molecule has 0 fully saturated rings. The van der Waals surface area contributed by atoms with Crippen molar-refractivity contribution >= 4 is 11.9 Å². The highest BCUT2D eigenvalue weighted by molar-refractivity contribution is 5.75. The van der Waals surface area contributed by atoms with Gasteiger partial charge in [-0.1, -0.05) is 54.4 Å². The molecule has 0 aromatic rings. The number of carbonyl (C=O) groups is 2. The average Bonchev–Trinajstić information content (AvgIpc) is 2.59. The van der Waals surface area contributed by atoms with Crippen LogP contribution in [0.25, 0.3) is 0 Å². The smallest absolute Gasteiger partial charge is 0.306 e. The van der Waals surface area contributed by atoms with Crippen LogP contribution in [0.1, 0.15) is 115 Å². The fourth-order valence-electron chi connectivity index (χ4n) is 3.73. The first kappa shape index (κ1) is 26.0. The third-order valence-corrected chi connectivity index (χ3v) is 5.31. The van der Waals surface area contributed by atoms with E-state index in [4.69, 9.17) is 6.11 Å². The van der Waals surface area contributed by atoms with Gasteiger partial charge in [0, 0.05) is 20.3 Å². The highest BCUT2D eigenvalue weighted by Crippen LogP contribution is 2.27. The molecule has 4 nitrogen and oxygen atoms in total. The van der Waals surface area contributed by atoms with Crippen molar-refractivity contribution in [1.82, 2.24) is 5.32 Å². The second-order valence-corrected chi connectivity index (χ2v) is 10.3. The van der Waals surface area contributed by atoms with Crippen LogP contribution in [0.15, 0.2) is 0 Å². The van der Waals surface area contributed by atoms with Crippen molar-refractivity contribution in [3.8, 4) is 0 Å². The Morgan fingerprint density at radius 1 is 1.00 bits per heavy atom. The molecule has 0 aliphatic heterocycles. The van der Waals surface area contributed by atoms with Gasteiger partial charge in [0.15, 0.2) is 0 Å². The van der Waals surface area contributed by atoms with Crippen molar-refractivity contribution in [3.05, 3.63) is 0 Å². The van der Waals surface area contributed by atoms with Gasteiger partial charge in [-0.3, -0.25) is 9.59 Å². The maximum absolute atomic E-state index is 12.5. The molecule has 172 valence electrons. The van der Waals surface area contributed by atoms with Crippen LogP contribution in [0.4, 0.5) is 0 Å². The Morgan fingerprint density at radius 2 is 1.62 bits per heavy atom. The monoisotopic (exact) mass is 413 g/mol. The Labute approximate surface area is 182 Å². The van der Waals surface area contributed by atoms with Gasteiger partial charge in [0.25, 0.3) is 0 Å². The topological polar surface area (TPSA) is 55.4 Å². The molecule has 1 amide bonds. The molecule has 5 atom stereocenters. The summed E-state index contributed by atoms with van der Waals surface area (Å²) >= 11 is 0. The molecule has 0 bridgehead atoms. The lowest BCUT2D eigenvalue weighted by atomic mass is 9.84. The van der Waals surface area contributed by atoms with E-state index in [0.29, 0.717) is 31.1 Å². The van der Waals surface area contributed by atoms with E-state index in [-0.39, 0.29) is 36.2 Å². The largest absolute Gasteiger partial charge is 0.460 e. The minimum Gasteiger partial charge on any atom is -0.460 e. The van der Waals surface area contributed by atoms with Gasteiger partial charge in [-0.15, -0.1) is 0 Å². The Balaban J connectivity index is 5.32. The summed E-state index contributed by atoms with van der Waals surface area (Å²) in [5.41, 5.74) is -0.513. The van der Waals surface area contributed by atoms with E-state index < -0.39 is 5.60 Å². The summed E-state index contributed by atoms with van der Waals surface area (Å²) in [6, 6.07) is 0.0308. The molecule has 4 heteroatoms. The maximum atomic E-state index is 12.5. The van der Waals surface area contributed by atoms with E-state index in [0.717, 1.165) is 25.7 Å². The summed E-state index contributed by atoms with van der Waals surface area (Å²) in [6.45, 7) is 18.3. The molecule has 0 spiro atoms. The Kier molecular flexibility index (Phi) is 12.6. The van der Waals surface area contributed by atoms with Gasteiger partial charge >= 0.3 is 5.97 Å². The second-order valence-electron chi connectivity index (χ2n) is 10.3. The van der Waals surface area contributed by atoms with Crippen LogP contribution in [0.5, 0.6) is 0 Å². The summed E-state index contributed by atoms with van der Waals surface area (Å²) in [5, 5.41) is 3.19. The number of rotatable bonds is 14. The molecule has 0 saturated heterocycles. The molecule has 0 heterocycles. The zero-order valence-corrected chi connectivity index (χ0v) is 20.6. The molecular weight excluding hydrogens is 362 g/mol. The van der Waals surface area contributed by atoms with Crippen LogP contribution in [0, 0.1) is 23.7 Å². The fourth-order valence-corrected chi connectivity index (χ4v) is 3.73. The van der Waals surface area contributed by atoms with Gasteiger partial charge in [-0.2, -0.15) is 0 Å². The molecule has 0 aromatic heterocycles. The quantitative estimate of drug-likeness (QED) is 0.330. The fraction of sp³-hybridized carbons (Fsp3) is 0.920. The molecule has 0 saturated carbocycles. The Morgan fingerprint density at radius 3 is 2.10 bits per heavy atom. The predicted octanol–water partition coefficient (Wildman–Crippen LogP) is 6.52. The van der Waals surface area contributed by atoms with E-state index in [1.807, 2.05) is 41.5 Å². The summed E-state index contributed by atoms with van der Waals surface area (Å²) < 4.78 is 14.0. The minimum absolute atomic E-state index is 0.0303. The number of ether oxygens (including phenoxy) is 1. The van der Waals surface area contributed by atoms with Crippen LogP contribution < -0.4 is 5.32 Å². The molecule has 0 aliphatic rings. The van der Waals surface area contributed by atoms with Crippen LogP contribution in [0.2, 0.25) is 0 Å². The third kappa shape index (κ3) is 15.4. The summed E-state index contributed by atoms with van der Waals surface area (Å²) in [4.78, 5) is 24.7.